The van der Waals surface area contributed by atoms with Gasteiger partial charge >= 0.3 is 5.97 Å². The number of hydrogen-bond acceptors (Lipinski definition) is 5. The molecule has 2 aromatic carbocycles. The third kappa shape index (κ3) is 4.18. The Hall–Kier alpha value is -3.94. The van der Waals surface area contributed by atoms with Crippen LogP contribution >= 0.6 is 0 Å². The number of benzene rings is 2. The van der Waals surface area contributed by atoms with Gasteiger partial charge in [-0.05, 0) is 42.2 Å². The van der Waals surface area contributed by atoms with Gasteiger partial charge in [-0.1, -0.05) is 37.3 Å². The number of nitrogens with one attached hydrogen (secondary N) is 2. The molecule has 2 heterocycles. The van der Waals surface area contributed by atoms with Crippen molar-refractivity contribution in [3.05, 3.63) is 64.7 Å². The Bertz CT molecular complexity index is 1310. The lowest BCUT2D eigenvalue weighted by atomic mass is 9.96. The molecular weight excluding hydrogens is 396 g/mol. The second-order valence-corrected chi connectivity index (χ2v) is 7.30. The topological polar surface area (TPSA) is 121 Å². The highest BCUT2D eigenvalue weighted by Crippen LogP contribution is 2.33. The van der Waals surface area contributed by atoms with E-state index in [0.29, 0.717) is 41.3 Å². The number of carbonyl (C=O) groups is 1. The van der Waals surface area contributed by atoms with Crippen molar-refractivity contribution >= 4 is 17.1 Å². The number of hydrogen-bond donors (Lipinski definition) is 3. The Balaban J connectivity index is 1.74. The zero-order chi connectivity index (χ0) is 22.0. The van der Waals surface area contributed by atoms with Crippen molar-refractivity contribution in [2.45, 2.75) is 20.3 Å². The molecule has 2 aromatic heterocycles. The van der Waals surface area contributed by atoms with E-state index in [0.717, 1.165) is 16.7 Å². The molecule has 0 radical (unpaired) electrons. The van der Waals surface area contributed by atoms with E-state index in [1.807, 2.05) is 49.4 Å². The minimum absolute atomic E-state index is 0.302. The summed E-state index contributed by atoms with van der Waals surface area (Å²) >= 11 is 0. The molecule has 0 amide bonds. The zero-order valence-corrected chi connectivity index (χ0v) is 17.2. The first-order valence-corrected chi connectivity index (χ1v) is 9.99. The largest absolute Gasteiger partial charge is 0.493 e. The van der Waals surface area contributed by atoms with Crippen LogP contribution in [0.4, 0.5) is 0 Å². The van der Waals surface area contributed by atoms with Crippen molar-refractivity contribution in [3.8, 4) is 28.3 Å². The molecule has 3 N–H and O–H groups in total. The van der Waals surface area contributed by atoms with Crippen molar-refractivity contribution in [1.82, 2.24) is 19.9 Å². The maximum Gasteiger partial charge on any atom is 0.306 e. The minimum Gasteiger partial charge on any atom is -0.493 e. The van der Waals surface area contributed by atoms with E-state index in [9.17, 15) is 14.7 Å². The Morgan fingerprint density at radius 3 is 2.77 bits per heavy atom. The summed E-state index contributed by atoms with van der Waals surface area (Å²) in [6, 6.07) is 13.5. The van der Waals surface area contributed by atoms with Crippen molar-refractivity contribution < 1.29 is 14.6 Å². The minimum atomic E-state index is -0.816. The molecule has 0 aliphatic rings. The number of carboxylic acid groups (broad SMARTS) is 1. The molecule has 1 atom stereocenters. The fraction of sp³-hybridized carbons (Fsp3) is 0.217. The van der Waals surface area contributed by atoms with Crippen LogP contribution in [0.15, 0.2) is 53.6 Å². The van der Waals surface area contributed by atoms with Gasteiger partial charge < -0.3 is 19.8 Å². The van der Waals surface area contributed by atoms with E-state index in [2.05, 4.69) is 19.9 Å². The van der Waals surface area contributed by atoms with E-state index >= 15 is 0 Å². The van der Waals surface area contributed by atoms with Crippen LogP contribution in [0.1, 0.15) is 19.4 Å². The van der Waals surface area contributed by atoms with Crippen LogP contribution in [-0.4, -0.2) is 37.6 Å². The van der Waals surface area contributed by atoms with Gasteiger partial charge in [-0.3, -0.25) is 9.59 Å². The molecule has 8 heteroatoms. The van der Waals surface area contributed by atoms with Crippen molar-refractivity contribution in [3.63, 3.8) is 0 Å². The summed E-state index contributed by atoms with van der Waals surface area (Å²) in [6.45, 7) is 4.03. The van der Waals surface area contributed by atoms with Crippen LogP contribution in [0.25, 0.3) is 33.7 Å². The number of H-pyrrole nitrogens is 2. The third-order valence-electron chi connectivity index (χ3n) is 5.06. The van der Waals surface area contributed by atoms with Crippen LogP contribution in [0, 0.1) is 5.92 Å². The summed E-state index contributed by atoms with van der Waals surface area (Å²) in [5, 5.41) is 9.18. The van der Waals surface area contributed by atoms with Gasteiger partial charge in [0.15, 0.2) is 11.2 Å². The number of imidazole rings is 1. The van der Waals surface area contributed by atoms with Gasteiger partial charge in [0.25, 0.3) is 5.56 Å². The number of nitrogens with zero attached hydrogens (tertiary/aromatic N) is 2. The zero-order valence-electron chi connectivity index (χ0n) is 17.2. The highest BCUT2D eigenvalue weighted by molar-refractivity contribution is 5.77. The highest BCUT2D eigenvalue weighted by Gasteiger charge is 2.15. The number of aromatic amines is 2. The standard InChI is InChI=1S/C23H22N4O4/c1-3-31-18-11-16(15-6-4-5-14(10-15)9-13(2)23(29)30)7-8-17(18)20-26-21-19(22(28)27-20)24-12-25-21/h4-8,10-13H,3,9H2,1-2H3,(H,29,30)(H2,24,25,26,27,28)/t13-/m0/s1. The molecule has 8 nitrogen and oxygen atoms in total. The van der Waals surface area contributed by atoms with Gasteiger partial charge in [-0.25, -0.2) is 9.97 Å². The Kier molecular flexibility index (Phi) is 5.53. The molecule has 0 spiro atoms. The summed E-state index contributed by atoms with van der Waals surface area (Å²) in [4.78, 5) is 37.6. The molecule has 0 unspecified atom stereocenters. The first-order chi connectivity index (χ1) is 15.0. The third-order valence-corrected chi connectivity index (χ3v) is 5.06. The highest BCUT2D eigenvalue weighted by atomic mass is 16.5. The average molecular weight is 418 g/mol. The van der Waals surface area contributed by atoms with E-state index in [4.69, 9.17) is 4.74 Å². The maximum atomic E-state index is 12.3. The lowest BCUT2D eigenvalue weighted by molar-refractivity contribution is -0.141. The van der Waals surface area contributed by atoms with Gasteiger partial charge in [0.05, 0.1) is 24.4 Å². The summed E-state index contributed by atoms with van der Waals surface area (Å²) in [7, 11) is 0. The molecular formula is C23H22N4O4. The molecule has 0 aliphatic carbocycles. The van der Waals surface area contributed by atoms with Gasteiger partial charge in [0.1, 0.15) is 11.6 Å². The lowest BCUT2D eigenvalue weighted by Crippen LogP contribution is -2.12. The molecule has 158 valence electrons. The Labute approximate surface area is 178 Å². The van der Waals surface area contributed by atoms with Crippen molar-refractivity contribution in [2.24, 2.45) is 5.92 Å². The summed E-state index contributed by atoms with van der Waals surface area (Å²) in [5.41, 5.74) is 3.83. The van der Waals surface area contributed by atoms with Gasteiger partial charge in [0, 0.05) is 0 Å². The molecule has 0 saturated heterocycles. The molecule has 4 aromatic rings. The number of carboxylic acids is 1. The van der Waals surface area contributed by atoms with Gasteiger partial charge in [-0.2, -0.15) is 0 Å². The lowest BCUT2D eigenvalue weighted by Gasteiger charge is -2.13. The second-order valence-electron chi connectivity index (χ2n) is 7.30. The van der Waals surface area contributed by atoms with Crippen LogP contribution < -0.4 is 10.3 Å². The molecule has 31 heavy (non-hydrogen) atoms. The van der Waals surface area contributed by atoms with E-state index in [1.54, 1.807) is 6.92 Å². The average Bonchev–Trinajstić information content (AvgIpc) is 3.23. The quantitative estimate of drug-likeness (QED) is 0.421. The monoisotopic (exact) mass is 418 g/mol. The molecule has 0 saturated carbocycles. The number of aliphatic carboxylic acids is 1. The normalized spacial score (nSPS) is 12.1. The molecule has 0 fully saturated rings. The number of fused-ring (bicyclic) bond motifs is 1. The molecule has 0 bridgehead atoms. The van der Waals surface area contributed by atoms with Crippen molar-refractivity contribution in [1.29, 1.82) is 0 Å². The van der Waals surface area contributed by atoms with Crippen LogP contribution in [0.3, 0.4) is 0 Å². The Morgan fingerprint density at radius 2 is 2.00 bits per heavy atom. The maximum absolute atomic E-state index is 12.3. The van der Waals surface area contributed by atoms with E-state index in [-0.39, 0.29) is 5.56 Å². The summed E-state index contributed by atoms with van der Waals surface area (Å²) in [6.07, 6.45) is 1.88. The number of rotatable bonds is 7. The summed E-state index contributed by atoms with van der Waals surface area (Å²) in [5.74, 6) is -0.314. The van der Waals surface area contributed by atoms with Crippen LogP contribution in [0.5, 0.6) is 5.75 Å². The number of aromatic nitrogens is 4. The fourth-order valence-electron chi connectivity index (χ4n) is 3.46. The second kappa shape index (κ2) is 8.43. The van der Waals surface area contributed by atoms with Gasteiger partial charge in [-0.15, -0.1) is 0 Å². The Morgan fingerprint density at radius 1 is 1.19 bits per heavy atom. The smallest absolute Gasteiger partial charge is 0.306 e. The summed E-state index contributed by atoms with van der Waals surface area (Å²) < 4.78 is 5.85. The first kappa shape index (κ1) is 20.3. The molecule has 0 aliphatic heterocycles. The predicted molar refractivity (Wildman–Crippen MR) is 117 cm³/mol. The predicted octanol–water partition coefficient (Wildman–Crippen LogP) is 3.64. The van der Waals surface area contributed by atoms with Gasteiger partial charge in [0.2, 0.25) is 0 Å². The van der Waals surface area contributed by atoms with Crippen molar-refractivity contribution in [2.75, 3.05) is 6.61 Å². The molecule has 4 rings (SSSR count). The van der Waals surface area contributed by atoms with Crippen LogP contribution in [0.2, 0.25) is 0 Å². The van der Waals surface area contributed by atoms with E-state index in [1.165, 1.54) is 6.33 Å². The van der Waals surface area contributed by atoms with Crippen LogP contribution in [-0.2, 0) is 11.2 Å². The first-order valence-electron chi connectivity index (χ1n) is 9.99. The van der Waals surface area contributed by atoms with E-state index < -0.39 is 11.9 Å². The fourth-order valence-corrected chi connectivity index (χ4v) is 3.46. The number of ether oxygens (including phenoxy) is 1. The SMILES string of the molecule is CCOc1cc(-c2cccc(C[C@H](C)C(=O)O)c2)ccc1-c1nc2nc[nH]c2c(=O)[nH]1.